The zero-order valence-corrected chi connectivity index (χ0v) is 11.9. The Bertz CT molecular complexity index is 45.1. The Morgan fingerprint density at radius 1 is 0.833 bits per heavy atom. The van der Waals surface area contributed by atoms with E-state index in [-0.39, 0.29) is 0 Å². The molecule has 0 fully saturated rings. The average molecular weight is 179 g/mol. The predicted octanol–water partition coefficient (Wildman–Crippen LogP) is -4.96. The Balaban J connectivity index is 2.26. The molecule has 0 saturated carbocycles. The monoisotopic (exact) mass is 178 g/mol. The van der Waals surface area contributed by atoms with Gasteiger partial charge in [0, 0.05) is 17.1 Å². The van der Waals surface area contributed by atoms with E-state index < -0.39 is 0 Å². The van der Waals surface area contributed by atoms with E-state index in [0.717, 1.165) is 34.2 Å². The van der Waals surface area contributed by atoms with E-state index in [1.807, 2.05) is 0 Å². The second kappa shape index (κ2) is 3.32. The maximum absolute atomic E-state index is 1.29. The summed E-state index contributed by atoms with van der Waals surface area (Å²) < 4.78 is 0. The zero-order chi connectivity index (χ0) is 4.24. The van der Waals surface area contributed by atoms with Crippen molar-refractivity contribution in [1.82, 2.24) is 0 Å². The van der Waals surface area contributed by atoms with Crippen molar-refractivity contribution in [2.75, 3.05) is 0 Å². The van der Waals surface area contributed by atoms with Crippen molar-refractivity contribution in [3.8, 4) is 0 Å². The summed E-state index contributed by atoms with van der Waals surface area (Å²) in [7, 11) is 6.11. The van der Waals surface area contributed by atoms with Crippen molar-refractivity contribution in [2.45, 2.75) is 0 Å². The lowest BCUT2D eigenvalue weighted by Crippen LogP contribution is -2.30. The van der Waals surface area contributed by atoms with Gasteiger partial charge in [0.1, 0.15) is 0 Å². The van der Waals surface area contributed by atoms with Crippen LogP contribution in [0.3, 0.4) is 0 Å². The van der Waals surface area contributed by atoms with Crippen LogP contribution >= 0.6 is 0 Å². The number of hydrogen-bond donors (Lipinski definition) is 0. The molecule has 0 aromatic rings. The molecule has 0 bridgehead atoms. The molecule has 1 heterocycles. The van der Waals surface area contributed by atoms with Crippen LogP contribution in [0.2, 0.25) is 0 Å². The lowest BCUT2D eigenvalue weighted by atomic mass is 26.2. The molecule has 0 radical (unpaired) electrons. The van der Waals surface area contributed by atoms with Gasteiger partial charge in [0.15, 0.2) is 0 Å². The molecule has 1 rings (SSSR count). The van der Waals surface area contributed by atoms with Crippen molar-refractivity contribution in [3.63, 3.8) is 0 Å². The minimum absolute atomic E-state index is 0.864. The molecular weight excluding hydrogens is 169 g/mol. The van der Waals surface area contributed by atoms with Crippen LogP contribution in [-0.4, -0.2) is 50.5 Å². The molecule has 0 spiro atoms. The molecular formula is H10Si6. The smallest absolute Gasteiger partial charge is 0.00882 e. The third-order valence-electron chi connectivity index (χ3n) is 1.16. The van der Waals surface area contributed by atoms with Gasteiger partial charge in [-0.2, -0.15) is 0 Å². The molecule has 34 valence electrons. The summed E-state index contributed by atoms with van der Waals surface area (Å²) in [6.45, 7) is 0. The SMILES string of the molecule is [SiH]1=[SiH][SiH2][SiH2][SiH2][SiH2]1. The molecule has 0 nitrogen and oxygen atoms in total. The van der Waals surface area contributed by atoms with Gasteiger partial charge in [-0.25, -0.2) is 0 Å². The van der Waals surface area contributed by atoms with Crippen molar-refractivity contribution >= 4 is 50.5 Å². The van der Waals surface area contributed by atoms with Gasteiger partial charge in [-0.05, 0) is 17.1 Å². The highest BCUT2D eigenvalue weighted by Gasteiger charge is 1.91. The lowest BCUT2D eigenvalue weighted by molar-refractivity contribution is 3.84. The maximum atomic E-state index is 1.29. The zero-order valence-electron chi connectivity index (χ0n) is 3.98. The van der Waals surface area contributed by atoms with Gasteiger partial charge < -0.3 is 0 Å². The van der Waals surface area contributed by atoms with E-state index >= 15 is 0 Å². The largest absolute Gasteiger partial charge is 0.0544 e. The van der Waals surface area contributed by atoms with Crippen molar-refractivity contribution in [1.29, 1.82) is 0 Å². The Kier molecular flexibility index (Phi) is 3.01. The van der Waals surface area contributed by atoms with Gasteiger partial charge in [-0.3, -0.25) is 0 Å². The fraction of sp³-hybridized carbons (Fsp3) is 0. The Hall–Kier alpha value is 1.30. The van der Waals surface area contributed by atoms with E-state index in [4.69, 9.17) is 0 Å². The van der Waals surface area contributed by atoms with Crippen LogP contribution in [0.15, 0.2) is 0 Å². The normalized spacial score (nSPS) is 37.3. The highest BCUT2D eigenvalue weighted by Crippen LogP contribution is 1.54. The first-order valence-electron chi connectivity index (χ1n) is 2.65. The first kappa shape index (κ1) is 5.44. The van der Waals surface area contributed by atoms with Gasteiger partial charge in [-0.1, -0.05) is 16.3 Å². The Morgan fingerprint density at radius 3 is 1.50 bits per heavy atom. The predicted molar refractivity (Wildman–Crippen MR) is 48.5 cm³/mol. The molecule has 0 amide bonds. The second-order valence-electron chi connectivity index (χ2n) is 1.76. The molecule has 1 aliphatic heterocycles. The van der Waals surface area contributed by atoms with Crippen LogP contribution in [0.1, 0.15) is 0 Å². The molecule has 0 unspecified atom stereocenters. The van der Waals surface area contributed by atoms with Crippen LogP contribution in [0.5, 0.6) is 0 Å². The quantitative estimate of drug-likeness (QED) is 0.326. The summed E-state index contributed by atoms with van der Waals surface area (Å²) in [6.07, 6.45) is 0. The molecule has 0 atom stereocenters. The van der Waals surface area contributed by atoms with Crippen LogP contribution in [0.4, 0.5) is 0 Å². The first-order valence-corrected chi connectivity index (χ1v) is 23.8. The van der Waals surface area contributed by atoms with Crippen LogP contribution in [-0.2, 0) is 0 Å². The van der Waals surface area contributed by atoms with Gasteiger partial charge in [0.05, 0.1) is 0 Å². The summed E-state index contributed by atoms with van der Waals surface area (Å²) in [5, 5.41) is 0. The Morgan fingerprint density at radius 2 is 1.33 bits per heavy atom. The van der Waals surface area contributed by atoms with E-state index in [0.29, 0.717) is 0 Å². The Labute approximate surface area is 50.7 Å². The highest BCUT2D eigenvalue weighted by atomic mass is 30.0. The lowest BCUT2D eigenvalue weighted by Gasteiger charge is -1.93. The van der Waals surface area contributed by atoms with Crippen molar-refractivity contribution < 1.29 is 0 Å². The molecule has 0 aromatic carbocycles. The molecule has 1 aliphatic rings. The minimum Gasteiger partial charge on any atom is -0.0544 e. The van der Waals surface area contributed by atoms with Gasteiger partial charge >= 0.3 is 0 Å². The molecule has 0 aromatic heterocycles. The molecule has 0 N–H and O–H groups in total. The molecule has 6 heavy (non-hydrogen) atoms. The van der Waals surface area contributed by atoms with Crippen molar-refractivity contribution in [2.24, 2.45) is 0 Å². The van der Waals surface area contributed by atoms with E-state index in [1.165, 1.54) is 16.3 Å². The highest BCUT2D eigenvalue weighted by molar-refractivity contribution is 7.67. The first-order chi connectivity index (χ1) is 3.00. The standard InChI is InChI=1S/H10Si6/c1-2-4-6-5-3-1/h1-2H,3-6H2. The molecule has 0 saturated heterocycles. The minimum atomic E-state index is 0.864. The molecule has 0 aliphatic carbocycles. The average Bonchev–Trinajstić information content (AvgIpc) is 1.72. The summed E-state index contributed by atoms with van der Waals surface area (Å²) in [5.74, 6) is 0. The van der Waals surface area contributed by atoms with Crippen LogP contribution < -0.4 is 0 Å². The van der Waals surface area contributed by atoms with Gasteiger partial charge in [-0.15, -0.1) is 0 Å². The topological polar surface area (TPSA) is 0 Å². The third kappa shape index (κ3) is 1.84. The van der Waals surface area contributed by atoms with Crippen molar-refractivity contribution in [3.05, 3.63) is 0 Å². The van der Waals surface area contributed by atoms with Gasteiger partial charge in [0.2, 0.25) is 0 Å². The molecule has 6 heteroatoms. The fourth-order valence-electron chi connectivity index (χ4n) is 0.760. The summed E-state index contributed by atoms with van der Waals surface area (Å²) in [4.78, 5) is 0. The third-order valence-corrected chi connectivity index (χ3v) is 93.8. The van der Waals surface area contributed by atoms with E-state index in [9.17, 15) is 0 Å². The van der Waals surface area contributed by atoms with Crippen LogP contribution in [0, 0.1) is 0 Å². The second-order valence-corrected chi connectivity index (χ2v) is 47.4. The summed E-state index contributed by atoms with van der Waals surface area (Å²) in [6, 6.07) is 0. The number of rotatable bonds is 0. The number of hydrogen-bond acceptors (Lipinski definition) is 0. The van der Waals surface area contributed by atoms with E-state index in [1.54, 1.807) is 0 Å². The maximum Gasteiger partial charge on any atom is 0.00882 e. The summed E-state index contributed by atoms with van der Waals surface area (Å²) >= 11 is 0. The van der Waals surface area contributed by atoms with E-state index in [2.05, 4.69) is 0 Å². The van der Waals surface area contributed by atoms with Crippen LogP contribution in [0.25, 0.3) is 0 Å². The fourth-order valence-corrected chi connectivity index (χ4v) is 185. The summed E-state index contributed by atoms with van der Waals surface area (Å²) in [5.41, 5.74) is 0. The van der Waals surface area contributed by atoms with Gasteiger partial charge in [0.25, 0.3) is 0 Å².